The molecule has 2 aliphatic rings. The van der Waals surface area contributed by atoms with Crippen molar-refractivity contribution in [1.82, 2.24) is 5.32 Å². The molecular formula is C23H22N2O6. The summed E-state index contributed by atoms with van der Waals surface area (Å²) in [7, 11) is 1.57. The minimum Gasteiger partial charge on any atom is -0.493 e. The number of rotatable bonds is 5. The van der Waals surface area contributed by atoms with Gasteiger partial charge in [0.2, 0.25) is 12.3 Å². The molecule has 0 aliphatic carbocycles. The third kappa shape index (κ3) is 3.94. The fourth-order valence-electron chi connectivity index (χ4n) is 3.71. The van der Waals surface area contributed by atoms with E-state index in [-0.39, 0.29) is 24.4 Å². The maximum Gasteiger partial charge on any atom is 0.256 e. The molecule has 0 spiro atoms. The Morgan fingerprint density at radius 1 is 1.19 bits per heavy atom. The number of hydrogen-bond acceptors (Lipinski definition) is 7. The molecule has 3 aromatic rings. The zero-order valence-electron chi connectivity index (χ0n) is 17.1. The Bertz CT molecular complexity index is 1200. The van der Waals surface area contributed by atoms with Crippen LogP contribution in [0.4, 0.5) is 5.69 Å². The average molecular weight is 422 g/mol. The van der Waals surface area contributed by atoms with Crippen LogP contribution in [0.2, 0.25) is 0 Å². The van der Waals surface area contributed by atoms with Crippen molar-refractivity contribution in [2.45, 2.75) is 18.9 Å². The molecule has 31 heavy (non-hydrogen) atoms. The van der Waals surface area contributed by atoms with Crippen molar-refractivity contribution in [3.8, 4) is 17.2 Å². The van der Waals surface area contributed by atoms with E-state index >= 15 is 0 Å². The second-order valence-corrected chi connectivity index (χ2v) is 7.34. The number of hydrogen-bond donors (Lipinski definition) is 1. The second-order valence-electron chi connectivity index (χ2n) is 7.34. The van der Waals surface area contributed by atoms with E-state index in [1.54, 1.807) is 37.4 Å². The SMILES string of the molecule is COc1cccc2cc(C(=O)NC[C@H]3CCCO3)c(=Nc3ccc4c(c3)OCO4)oc12. The van der Waals surface area contributed by atoms with Crippen LogP contribution in [0.5, 0.6) is 17.2 Å². The van der Waals surface area contributed by atoms with Gasteiger partial charge in [0, 0.05) is 24.6 Å². The molecular weight excluding hydrogens is 400 g/mol. The number of methoxy groups -OCH3 is 1. The topological polar surface area (TPSA) is 91.5 Å². The maximum absolute atomic E-state index is 13.0. The third-order valence-corrected chi connectivity index (χ3v) is 5.30. The first kappa shape index (κ1) is 19.4. The predicted molar refractivity (Wildman–Crippen MR) is 112 cm³/mol. The van der Waals surface area contributed by atoms with Gasteiger partial charge in [0.05, 0.1) is 18.9 Å². The molecule has 1 N–H and O–H groups in total. The van der Waals surface area contributed by atoms with Crippen LogP contribution in [0.3, 0.4) is 0 Å². The van der Waals surface area contributed by atoms with Gasteiger partial charge in [0.15, 0.2) is 22.8 Å². The van der Waals surface area contributed by atoms with Gasteiger partial charge >= 0.3 is 0 Å². The Morgan fingerprint density at radius 2 is 2.10 bits per heavy atom. The molecule has 2 aliphatic heterocycles. The van der Waals surface area contributed by atoms with Gasteiger partial charge in [-0.2, -0.15) is 0 Å². The number of carbonyl (C=O) groups excluding carboxylic acids is 1. The lowest BCUT2D eigenvalue weighted by molar-refractivity contribution is 0.0854. The summed E-state index contributed by atoms with van der Waals surface area (Å²) in [5.41, 5.74) is 1.60. The lowest BCUT2D eigenvalue weighted by Gasteiger charge is -2.12. The van der Waals surface area contributed by atoms with Crippen molar-refractivity contribution < 1.29 is 28.2 Å². The third-order valence-electron chi connectivity index (χ3n) is 5.30. The van der Waals surface area contributed by atoms with Gasteiger partial charge in [-0.25, -0.2) is 4.99 Å². The number of benzene rings is 2. The number of nitrogens with one attached hydrogen (secondary N) is 1. The summed E-state index contributed by atoms with van der Waals surface area (Å²) < 4.78 is 27.9. The number of para-hydroxylation sites is 1. The van der Waals surface area contributed by atoms with Gasteiger partial charge in [-0.15, -0.1) is 0 Å². The fraction of sp³-hybridized carbons (Fsp3) is 0.304. The quantitative estimate of drug-likeness (QED) is 0.678. The molecule has 2 aromatic carbocycles. The normalized spacial score (nSPS) is 17.8. The summed E-state index contributed by atoms with van der Waals surface area (Å²) in [6, 6.07) is 12.6. The van der Waals surface area contributed by atoms with Gasteiger partial charge in [0.25, 0.3) is 5.91 Å². The van der Waals surface area contributed by atoms with E-state index in [1.807, 2.05) is 12.1 Å². The maximum atomic E-state index is 13.0. The van der Waals surface area contributed by atoms with E-state index < -0.39 is 0 Å². The summed E-state index contributed by atoms with van der Waals surface area (Å²) in [5, 5.41) is 3.68. The van der Waals surface area contributed by atoms with Crippen molar-refractivity contribution >= 4 is 22.6 Å². The molecule has 1 aromatic heterocycles. The van der Waals surface area contributed by atoms with E-state index in [0.29, 0.717) is 40.6 Å². The molecule has 1 amide bonds. The molecule has 1 saturated heterocycles. The lowest BCUT2D eigenvalue weighted by Crippen LogP contribution is -2.34. The molecule has 0 bridgehead atoms. The predicted octanol–water partition coefficient (Wildman–Crippen LogP) is 3.31. The Balaban J connectivity index is 1.58. The van der Waals surface area contributed by atoms with Crippen molar-refractivity contribution in [3.05, 3.63) is 53.6 Å². The Labute approximate surface area is 178 Å². The van der Waals surface area contributed by atoms with E-state index in [1.165, 1.54) is 0 Å². The molecule has 0 radical (unpaired) electrons. The summed E-state index contributed by atoms with van der Waals surface area (Å²) in [4.78, 5) is 17.6. The smallest absolute Gasteiger partial charge is 0.256 e. The van der Waals surface area contributed by atoms with Crippen molar-refractivity contribution in [3.63, 3.8) is 0 Å². The molecule has 1 fully saturated rings. The van der Waals surface area contributed by atoms with Crippen LogP contribution in [0.25, 0.3) is 11.0 Å². The highest BCUT2D eigenvalue weighted by Gasteiger charge is 2.20. The summed E-state index contributed by atoms with van der Waals surface area (Å²) in [5.74, 6) is 1.55. The van der Waals surface area contributed by atoms with Gasteiger partial charge in [-0.1, -0.05) is 12.1 Å². The van der Waals surface area contributed by atoms with Crippen LogP contribution >= 0.6 is 0 Å². The van der Waals surface area contributed by atoms with Crippen molar-refractivity contribution in [2.75, 3.05) is 27.1 Å². The monoisotopic (exact) mass is 422 g/mol. The van der Waals surface area contributed by atoms with Crippen LogP contribution in [0.1, 0.15) is 23.2 Å². The molecule has 8 nitrogen and oxygen atoms in total. The molecule has 8 heteroatoms. The lowest BCUT2D eigenvalue weighted by atomic mass is 10.1. The van der Waals surface area contributed by atoms with Crippen LogP contribution < -0.4 is 25.1 Å². The van der Waals surface area contributed by atoms with Crippen molar-refractivity contribution in [2.24, 2.45) is 4.99 Å². The standard InChI is InChI=1S/C23H22N2O6/c1-27-19-6-2-4-14-10-17(22(26)24-12-16-5-3-9-28-16)23(31-21(14)19)25-15-7-8-18-20(11-15)30-13-29-18/h2,4,6-8,10-11,16H,3,5,9,12-13H2,1H3,(H,24,26)/t16-/m1/s1. The summed E-state index contributed by atoms with van der Waals surface area (Å²) in [6.45, 7) is 1.35. The zero-order chi connectivity index (χ0) is 21.2. The van der Waals surface area contributed by atoms with Crippen LogP contribution in [-0.4, -0.2) is 39.1 Å². The number of ether oxygens (including phenoxy) is 4. The molecule has 1 atom stereocenters. The van der Waals surface area contributed by atoms with E-state index in [9.17, 15) is 4.79 Å². The largest absolute Gasteiger partial charge is 0.493 e. The number of amides is 1. The Hall–Kier alpha value is -3.52. The van der Waals surface area contributed by atoms with Gasteiger partial charge in [-0.05, 0) is 37.1 Å². The fourth-order valence-corrected chi connectivity index (χ4v) is 3.71. The molecule has 0 saturated carbocycles. The van der Waals surface area contributed by atoms with Gasteiger partial charge in [0.1, 0.15) is 5.56 Å². The minimum atomic E-state index is -0.275. The van der Waals surface area contributed by atoms with E-state index in [0.717, 1.165) is 24.8 Å². The van der Waals surface area contributed by atoms with Gasteiger partial charge < -0.3 is 28.7 Å². The highest BCUT2D eigenvalue weighted by atomic mass is 16.7. The van der Waals surface area contributed by atoms with E-state index in [4.69, 9.17) is 23.4 Å². The Morgan fingerprint density at radius 3 is 2.94 bits per heavy atom. The first-order valence-electron chi connectivity index (χ1n) is 10.2. The number of carbonyl (C=O) groups is 1. The zero-order valence-corrected chi connectivity index (χ0v) is 17.1. The second kappa shape index (κ2) is 8.31. The van der Waals surface area contributed by atoms with Crippen molar-refractivity contribution in [1.29, 1.82) is 0 Å². The average Bonchev–Trinajstić information content (AvgIpc) is 3.48. The summed E-state index contributed by atoms with van der Waals surface area (Å²) in [6.07, 6.45) is 1.99. The number of fused-ring (bicyclic) bond motifs is 2. The molecule has 160 valence electrons. The highest BCUT2D eigenvalue weighted by Crippen LogP contribution is 2.35. The highest BCUT2D eigenvalue weighted by molar-refractivity contribution is 5.97. The van der Waals surface area contributed by atoms with E-state index in [2.05, 4.69) is 10.3 Å². The number of nitrogens with zero attached hydrogens (tertiary/aromatic N) is 1. The van der Waals surface area contributed by atoms with Crippen LogP contribution in [0, 0.1) is 0 Å². The minimum absolute atomic E-state index is 0.0377. The summed E-state index contributed by atoms with van der Waals surface area (Å²) >= 11 is 0. The molecule has 5 rings (SSSR count). The first-order valence-corrected chi connectivity index (χ1v) is 10.2. The Kier molecular flexibility index (Phi) is 5.21. The molecule has 0 unspecified atom stereocenters. The van der Waals surface area contributed by atoms with Crippen LogP contribution in [0.15, 0.2) is 51.9 Å². The first-order chi connectivity index (χ1) is 15.2. The van der Waals surface area contributed by atoms with Gasteiger partial charge in [-0.3, -0.25) is 4.79 Å². The molecule has 3 heterocycles. The van der Waals surface area contributed by atoms with Crippen LogP contribution in [-0.2, 0) is 4.74 Å².